The van der Waals surface area contributed by atoms with Crippen molar-refractivity contribution >= 4 is 5.82 Å². The fourth-order valence-electron chi connectivity index (χ4n) is 2.26. The van der Waals surface area contributed by atoms with E-state index in [1.165, 1.54) is 18.4 Å². The Balaban J connectivity index is 1.88. The largest absolute Gasteiger partial charge is 0.383 e. The summed E-state index contributed by atoms with van der Waals surface area (Å²) in [6.45, 7) is 8.07. The van der Waals surface area contributed by atoms with Crippen LogP contribution in [0, 0.1) is 5.92 Å². The number of ether oxygens (including phenoxy) is 1. The van der Waals surface area contributed by atoms with Crippen molar-refractivity contribution in [2.24, 2.45) is 5.92 Å². The highest BCUT2D eigenvalue weighted by Gasteiger charge is 2.29. The lowest BCUT2D eigenvalue weighted by molar-refractivity contribution is 0.204. The Morgan fingerprint density at radius 1 is 1.40 bits per heavy atom. The maximum absolute atomic E-state index is 5.19. The summed E-state index contributed by atoms with van der Waals surface area (Å²) >= 11 is 0. The first-order valence-corrected chi connectivity index (χ1v) is 7.62. The number of methoxy groups -OCH3 is 1. The van der Waals surface area contributed by atoms with Crippen LogP contribution in [-0.2, 0) is 11.3 Å². The minimum Gasteiger partial charge on any atom is -0.383 e. The zero-order valence-corrected chi connectivity index (χ0v) is 12.9. The molecule has 0 radical (unpaired) electrons. The van der Waals surface area contributed by atoms with Gasteiger partial charge in [-0.25, -0.2) is 4.98 Å². The van der Waals surface area contributed by atoms with Gasteiger partial charge < -0.3 is 15.0 Å². The monoisotopic (exact) mass is 277 g/mol. The summed E-state index contributed by atoms with van der Waals surface area (Å²) < 4.78 is 5.19. The average Bonchev–Trinajstić information content (AvgIpc) is 3.25. The molecule has 0 amide bonds. The molecule has 1 saturated carbocycles. The topological polar surface area (TPSA) is 37.4 Å². The first-order valence-electron chi connectivity index (χ1n) is 7.62. The highest BCUT2D eigenvalue weighted by atomic mass is 16.5. The third kappa shape index (κ3) is 4.76. The van der Waals surface area contributed by atoms with Crippen LogP contribution < -0.4 is 10.2 Å². The summed E-state index contributed by atoms with van der Waals surface area (Å²) in [7, 11) is 1.75. The number of pyridine rings is 1. The first-order chi connectivity index (χ1) is 9.70. The van der Waals surface area contributed by atoms with Crippen LogP contribution in [0.25, 0.3) is 0 Å². The Bertz CT molecular complexity index is 387. The van der Waals surface area contributed by atoms with E-state index >= 15 is 0 Å². The van der Waals surface area contributed by atoms with Gasteiger partial charge in [0.2, 0.25) is 0 Å². The summed E-state index contributed by atoms with van der Waals surface area (Å²) in [5.41, 5.74) is 1.25. The van der Waals surface area contributed by atoms with Crippen molar-refractivity contribution in [3.05, 3.63) is 23.9 Å². The molecule has 0 unspecified atom stereocenters. The number of aromatic nitrogens is 1. The number of anilines is 1. The second-order valence-corrected chi connectivity index (χ2v) is 5.97. The third-order valence-electron chi connectivity index (χ3n) is 3.51. The minimum absolute atomic E-state index is 0.669. The van der Waals surface area contributed by atoms with Crippen molar-refractivity contribution < 1.29 is 4.74 Å². The van der Waals surface area contributed by atoms with Gasteiger partial charge >= 0.3 is 0 Å². The average molecular weight is 277 g/mol. The van der Waals surface area contributed by atoms with E-state index in [-0.39, 0.29) is 0 Å². The molecule has 1 heterocycles. The summed E-state index contributed by atoms with van der Waals surface area (Å²) in [5, 5.41) is 3.45. The van der Waals surface area contributed by atoms with Gasteiger partial charge in [-0.2, -0.15) is 0 Å². The smallest absolute Gasteiger partial charge is 0.128 e. The van der Waals surface area contributed by atoms with E-state index < -0.39 is 0 Å². The van der Waals surface area contributed by atoms with E-state index in [1.54, 1.807) is 7.11 Å². The fourth-order valence-corrected chi connectivity index (χ4v) is 2.26. The van der Waals surface area contributed by atoms with E-state index in [1.807, 2.05) is 6.20 Å². The quantitative estimate of drug-likeness (QED) is 0.752. The van der Waals surface area contributed by atoms with Gasteiger partial charge in [0.15, 0.2) is 0 Å². The molecule has 0 aromatic carbocycles. The molecular weight excluding hydrogens is 250 g/mol. The van der Waals surface area contributed by atoms with E-state index in [4.69, 9.17) is 4.74 Å². The molecule has 0 aliphatic heterocycles. The van der Waals surface area contributed by atoms with Gasteiger partial charge in [0.1, 0.15) is 5.82 Å². The van der Waals surface area contributed by atoms with Crippen LogP contribution in [0.3, 0.4) is 0 Å². The lowest BCUT2D eigenvalue weighted by atomic mass is 10.2. The number of rotatable bonds is 9. The van der Waals surface area contributed by atoms with E-state index in [9.17, 15) is 0 Å². The lowest BCUT2D eigenvalue weighted by Gasteiger charge is -2.23. The van der Waals surface area contributed by atoms with Crippen LogP contribution in [0.1, 0.15) is 32.3 Å². The molecule has 0 saturated heterocycles. The molecule has 2 rings (SSSR count). The van der Waals surface area contributed by atoms with Crippen molar-refractivity contribution in [2.75, 3.05) is 31.7 Å². The van der Waals surface area contributed by atoms with E-state index in [2.05, 4.69) is 41.2 Å². The summed E-state index contributed by atoms with van der Waals surface area (Å²) in [6.07, 6.45) is 4.55. The van der Waals surface area contributed by atoms with Crippen molar-refractivity contribution in [3.8, 4) is 0 Å². The zero-order valence-electron chi connectivity index (χ0n) is 12.9. The standard InChI is InChI=1S/C16H27N3O/c1-13(2)10-17-11-14-4-7-16(18-12-14)19(8-9-20-3)15-5-6-15/h4,7,12-13,15,17H,5-6,8-11H2,1-3H3. The van der Waals surface area contributed by atoms with Crippen LogP contribution >= 0.6 is 0 Å². The molecule has 0 atom stereocenters. The second-order valence-electron chi connectivity index (χ2n) is 5.97. The van der Waals surface area contributed by atoms with E-state index in [0.29, 0.717) is 12.0 Å². The van der Waals surface area contributed by atoms with Gasteiger partial charge in [-0.3, -0.25) is 0 Å². The molecule has 1 fully saturated rings. The zero-order chi connectivity index (χ0) is 14.4. The normalized spacial score (nSPS) is 14.8. The van der Waals surface area contributed by atoms with Gasteiger partial charge in [-0.15, -0.1) is 0 Å². The number of hydrogen-bond acceptors (Lipinski definition) is 4. The minimum atomic E-state index is 0.669. The van der Waals surface area contributed by atoms with Crippen molar-refractivity contribution in [2.45, 2.75) is 39.3 Å². The number of nitrogens with zero attached hydrogens (tertiary/aromatic N) is 2. The fraction of sp³-hybridized carbons (Fsp3) is 0.688. The Morgan fingerprint density at radius 3 is 2.75 bits per heavy atom. The second kappa shape index (κ2) is 7.60. The van der Waals surface area contributed by atoms with Gasteiger partial charge in [-0.1, -0.05) is 19.9 Å². The third-order valence-corrected chi connectivity index (χ3v) is 3.51. The number of nitrogens with one attached hydrogen (secondary N) is 1. The van der Waals surface area contributed by atoms with Gasteiger partial charge in [0, 0.05) is 32.4 Å². The Morgan fingerprint density at radius 2 is 2.20 bits per heavy atom. The first kappa shape index (κ1) is 15.3. The Kier molecular flexibility index (Phi) is 5.80. The van der Waals surface area contributed by atoms with Crippen molar-refractivity contribution in [3.63, 3.8) is 0 Å². The van der Waals surface area contributed by atoms with E-state index in [0.717, 1.165) is 32.1 Å². The molecule has 0 spiro atoms. The van der Waals surface area contributed by atoms with Gasteiger partial charge in [0.25, 0.3) is 0 Å². The highest BCUT2D eigenvalue weighted by Crippen LogP contribution is 2.30. The predicted molar refractivity (Wildman–Crippen MR) is 83.0 cm³/mol. The summed E-state index contributed by atoms with van der Waals surface area (Å²) in [6, 6.07) is 4.99. The molecule has 4 nitrogen and oxygen atoms in total. The summed E-state index contributed by atoms with van der Waals surface area (Å²) in [4.78, 5) is 6.99. The van der Waals surface area contributed by atoms with Crippen LogP contribution in [0.15, 0.2) is 18.3 Å². The molecular formula is C16H27N3O. The molecule has 0 bridgehead atoms. The Hall–Kier alpha value is -1.13. The SMILES string of the molecule is COCCN(c1ccc(CNCC(C)C)cn1)C1CC1. The molecule has 1 aliphatic carbocycles. The number of hydrogen-bond donors (Lipinski definition) is 1. The van der Waals surface area contributed by atoms with Crippen LogP contribution in [0.5, 0.6) is 0 Å². The predicted octanol–water partition coefficient (Wildman–Crippen LogP) is 2.44. The molecule has 4 heteroatoms. The molecule has 112 valence electrons. The maximum atomic E-state index is 5.19. The van der Waals surface area contributed by atoms with Crippen molar-refractivity contribution in [1.29, 1.82) is 0 Å². The summed E-state index contributed by atoms with van der Waals surface area (Å²) in [5.74, 6) is 1.76. The van der Waals surface area contributed by atoms with Gasteiger partial charge in [0.05, 0.1) is 6.61 Å². The molecule has 1 aliphatic rings. The Labute approximate surface area is 122 Å². The molecule has 20 heavy (non-hydrogen) atoms. The van der Waals surface area contributed by atoms with Crippen LogP contribution in [0.4, 0.5) is 5.82 Å². The van der Waals surface area contributed by atoms with Gasteiger partial charge in [-0.05, 0) is 36.9 Å². The maximum Gasteiger partial charge on any atom is 0.128 e. The lowest BCUT2D eigenvalue weighted by Crippen LogP contribution is -2.30. The van der Waals surface area contributed by atoms with Crippen LogP contribution in [0.2, 0.25) is 0 Å². The highest BCUT2D eigenvalue weighted by molar-refractivity contribution is 5.42. The molecule has 1 aromatic heterocycles. The van der Waals surface area contributed by atoms with Crippen LogP contribution in [-0.4, -0.2) is 37.8 Å². The van der Waals surface area contributed by atoms with Crippen molar-refractivity contribution in [1.82, 2.24) is 10.3 Å². The molecule has 1 N–H and O–H groups in total. The molecule has 1 aromatic rings.